The third-order valence-corrected chi connectivity index (χ3v) is 4.96. The maximum Gasteiger partial charge on any atom is 0.239 e. The Bertz CT molecular complexity index is 740. The zero-order valence-corrected chi connectivity index (χ0v) is 15.3. The molecule has 1 N–H and O–H groups in total. The Morgan fingerprint density at radius 2 is 1.81 bits per heavy atom. The van der Waals surface area contributed by atoms with Crippen molar-refractivity contribution in [3.05, 3.63) is 65.7 Å². The zero-order chi connectivity index (χ0) is 18.4. The van der Waals surface area contributed by atoms with Gasteiger partial charge in [-0.15, -0.1) is 0 Å². The van der Waals surface area contributed by atoms with Gasteiger partial charge in [0.15, 0.2) is 0 Å². The van der Waals surface area contributed by atoms with Crippen LogP contribution in [0.1, 0.15) is 30.9 Å². The Morgan fingerprint density at radius 1 is 1.08 bits per heavy atom. The van der Waals surface area contributed by atoms with Crippen LogP contribution in [-0.2, 0) is 22.4 Å². The molecule has 136 valence electrons. The summed E-state index contributed by atoms with van der Waals surface area (Å²) in [6.45, 7) is 3.31. The number of carbonyl (C=O) groups excluding carboxylic acids is 2. The number of nitrogens with one attached hydrogen (secondary N) is 1. The van der Waals surface area contributed by atoms with Gasteiger partial charge < -0.3 is 10.2 Å². The molecule has 0 bridgehead atoms. The van der Waals surface area contributed by atoms with Gasteiger partial charge in [-0.05, 0) is 48.9 Å². The summed E-state index contributed by atoms with van der Waals surface area (Å²) >= 11 is 0. The van der Waals surface area contributed by atoms with E-state index in [2.05, 4.69) is 24.4 Å². The molecule has 1 aliphatic rings. The van der Waals surface area contributed by atoms with E-state index in [-0.39, 0.29) is 11.8 Å². The molecule has 3 rings (SSSR count). The first kappa shape index (κ1) is 18.2. The summed E-state index contributed by atoms with van der Waals surface area (Å²) in [5.74, 6) is -0.789. The SMILES string of the molecule is CCc1ccc(N2CC[C@@H](C(=O)NCCCc3ccccc3)C2=O)cc1. The van der Waals surface area contributed by atoms with Crippen LogP contribution in [0.25, 0.3) is 0 Å². The van der Waals surface area contributed by atoms with Crippen LogP contribution in [0.2, 0.25) is 0 Å². The number of benzene rings is 2. The average Bonchev–Trinajstić information content (AvgIpc) is 3.07. The van der Waals surface area contributed by atoms with Crippen molar-refractivity contribution in [3.8, 4) is 0 Å². The average molecular weight is 350 g/mol. The maximum absolute atomic E-state index is 12.6. The van der Waals surface area contributed by atoms with Crippen LogP contribution in [0.3, 0.4) is 0 Å². The second-order valence-electron chi connectivity index (χ2n) is 6.73. The third-order valence-electron chi connectivity index (χ3n) is 4.96. The molecule has 2 aromatic carbocycles. The normalized spacial score (nSPS) is 16.7. The van der Waals surface area contributed by atoms with Gasteiger partial charge >= 0.3 is 0 Å². The molecule has 0 aromatic heterocycles. The predicted octanol–water partition coefficient (Wildman–Crippen LogP) is 3.35. The molecule has 0 saturated carbocycles. The lowest BCUT2D eigenvalue weighted by Crippen LogP contribution is -2.37. The fourth-order valence-electron chi connectivity index (χ4n) is 3.36. The smallest absolute Gasteiger partial charge is 0.239 e. The van der Waals surface area contributed by atoms with Crippen LogP contribution in [0.15, 0.2) is 54.6 Å². The van der Waals surface area contributed by atoms with Crippen molar-refractivity contribution < 1.29 is 9.59 Å². The van der Waals surface area contributed by atoms with E-state index in [0.29, 0.717) is 19.5 Å². The fraction of sp³-hybridized carbons (Fsp3) is 0.364. The molecule has 4 nitrogen and oxygen atoms in total. The van der Waals surface area contributed by atoms with Crippen molar-refractivity contribution in [3.63, 3.8) is 0 Å². The molecule has 1 atom stereocenters. The second-order valence-corrected chi connectivity index (χ2v) is 6.73. The van der Waals surface area contributed by atoms with Crippen LogP contribution in [0.5, 0.6) is 0 Å². The van der Waals surface area contributed by atoms with Crippen molar-refractivity contribution in [1.82, 2.24) is 5.32 Å². The minimum Gasteiger partial charge on any atom is -0.355 e. The summed E-state index contributed by atoms with van der Waals surface area (Å²) in [7, 11) is 0. The Balaban J connectivity index is 1.48. The molecule has 1 aliphatic heterocycles. The highest BCUT2D eigenvalue weighted by atomic mass is 16.2. The Kier molecular flexibility index (Phi) is 6.05. The highest BCUT2D eigenvalue weighted by Crippen LogP contribution is 2.25. The van der Waals surface area contributed by atoms with Gasteiger partial charge in [0.25, 0.3) is 0 Å². The Hall–Kier alpha value is -2.62. The van der Waals surface area contributed by atoms with Crippen molar-refractivity contribution in [2.75, 3.05) is 18.0 Å². The number of carbonyl (C=O) groups is 2. The Morgan fingerprint density at radius 3 is 2.50 bits per heavy atom. The summed E-state index contributed by atoms with van der Waals surface area (Å²) in [5, 5.41) is 2.93. The molecule has 0 radical (unpaired) electrons. The summed E-state index contributed by atoms with van der Waals surface area (Å²) < 4.78 is 0. The highest BCUT2D eigenvalue weighted by Gasteiger charge is 2.37. The first-order valence-corrected chi connectivity index (χ1v) is 9.41. The summed E-state index contributed by atoms with van der Waals surface area (Å²) in [4.78, 5) is 26.7. The monoisotopic (exact) mass is 350 g/mol. The van der Waals surface area contributed by atoms with Crippen LogP contribution >= 0.6 is 0 Å². The molecule has 2 amide bonds. The van der Waals surface area contributed by atoms with Gasteiger partial charge in [0.2, 0.25) is 11.8 Å². The van der Waals surface area contributed by atoms with Gasteiger partial charge in [-0.3, -0.25) is 9.59 Å². The molecule has 4 heteroatoms. The van der Waals surface area contributed by atoms with Gasteiger partial charge in [0.05, 0.1) is 0 Å². The number of hydrogen-bond donors (Lipinski definition) is 1. The molecule has 1 saturated heterocycles. The van der Waals surface area contributed by atoms with Crippen LogP contribution in [-0.4, -0.2) is 24.9 Å². The van der Waals surface area contributed by atoms with E-state index < -0.39 is 5.92 Å². The standard InChI is InChI=1S/C22H26N2O2/c1-2-17-10-12-19(13-11-17)24-16-14-20(22(24)26)21(25)23-15-6-9-18-7-4-3-5-8-18/h3-5,7-8,10-13,20H,2,6,9,14-16H2,1H3,(H,23,25)/t20-/m0/s1. The lowest BCUT2D eigenvalue weighted by molar-refractivity contribution is -0.132. The van der Waals surface area contributed by atoms with Gasteiger partial charge in [0.1, 0.15) is 5.92 Å². The molecule has 0 aliphatic carbocycles. The van der Waals surface area contributed by atoms with E-state index in [9.17, 15) is 9.59 Å². The molecular weight excluding hydrogens is 324 g/mol. The zero-order valence-electron chi connectivity index (χ0n) is 15.3. The van der Waals surface area contributed by atoms with E-state index in [0.717, 1.165) is 24.9 Å². The van der Waals surface area contributed by atoms with Crippen molar-refractivity contribution in [1.29, 1.82) is 0 Å². The van der Waals surface area contributed by atoms with Gasteiger partial charge in [0, 0.05) is 18.8 Å². The topological polar surface area (TPSA) is 49.4 Å². The number of hydrogen-bond acceptors (Lipinski definition) is 2. The number of nitrogens with zero attached hydrogens (tertiary/aromatic N) is 1. The van der Waals surface area contributed by atoms with Crippen LogP contribution in [0.4, 0.5) is 5.69 Å². The fourth-order valence-corrected chi connectivity index (χ4v) is 3.36. The number of aryl methyl sites for hydroxylation is 2. The number of rotatable bonds is 7. The molecular formula is C22H26N2O2. The first-order chi connectivity index (χ1) is 12.7. The lowest BCUT2D eigenvalue weighted by Gasteiger charge is -2.17. The Labute approximate surface area is 155 Å². The molecule has 1 heterocycles. The minimum absolute atomic E-state index is 0.0881. The van der Waals surface area contributed by atoms with E-state index >= 15 is 0 Å². The summed E-state index contributed by atoms with van der Waals surface area (Å²) in [5.41, 5.74) is 3.39. The summed E-state index contributed by atoms with van der Waals surface area (Å²) in [6.07, 6.45) is 3.36. The van der Waals surface area contributed by atoms with Crippen LogP contribution in [0, 0.1) is 5.92 Å². The molecule has 0 spiro atoms. The van der Waals surface area contributed by atoms with E-state index in [4.69, 9.17) is 0 Å². The van der Waals surface area contributed by atoms with Gasteiger partial charge in [-0.1, -0.05) is 49.4 Å². The number of anilines is 1. The molecule has 26 heavy (non-hydrogen) atoms. The summed E-state index contributed by atoms with van der Waals surface area (Å²) in [6, 6.07) is 18.2. The minimum atomic E-state index is -0.558. The van der Waals surface area contributed by atoms with E-state index in [1.165, 1.54) is 11.1 Å². The number of amides is 2. The lowest BCUT2D eigenvalue weighted by atomic mass is 10.1. The molecule has 1 fully saturated rings. The van der Waals surface area contributed by atoms with Crippen molar-refractivity contribution in [2.24, 2.45) is 5.92 Å². The quantitative estimate of drug-likeness (QED) is 0.615. The molecule has 2 aromatic rings. The maximum atomic E-state index is 12.6. The van der Waals surface area contributed by atoms with E-state index in [1.807, 2.05) is 42.5 Å². The van der Waals surface area contributed by atoms with Crippen LogP contribution < -0.4 is 10.2 Å². The van der Waals surface area contributed by atoms with Gasteiger partial charge in [-0.2, -0.15) is 0 Å². The van der Waals surface area contributed by atoms with Gasteiger partial charge in [-0.25, -0.2) is 0 Å². The molecule has 0 unspecified atom stereocenters. The highest BCUT2D eigenvalue weighted by molar-refractivity contribution is 6.09. The van der Waals surface area contributed by atoms with E-state index in [1.54, 1.807) is 4.90 Å². The first-order valence-electron chi connectivity index (χ1n) is 9.41. The second kappa shape index (κ2) is 8.65. The van der Waals surface area contributed by atoms with Crippen molar-refractivity contribution >= 4 is 17.5 Å². The third kappa shape index (κ3) is 4.31. The van der Waals surface area contributed by atoms with Crippen molar-refractivity contribution in [2.45, 2.75) is 32.6 Å². The predicted molar refractivity (Wildman–Crippen MR) is 104 cm³/mol. The largest absolute Gasteiger partial charge is 0.355 e.